The van der Waals surface area contributed by atoms with Crippen LogP contribution in [0.25, 0.3) is 0 Å². The topological polar surface area (TPSA) is 69.6 Å². The normalized spacial score (nSPS) is 28.9. The zero-order valence-electron chi connectivity index (χ0n) is 12.0. The number of aliphatic carboxylic acids is 1. The molecule has 4 unspecified atom stereocenters. The molecule has 2 aliphatic carbocycles. The van der Waals surface area contributed by atoms with Gasteiger partial charge in [-0.3, -0.25) is 4.79 Å². The summed E-state index contributed by atoms with van der Waals surface area (Å²) in [7, 11) is 0. The Balaban J connectivity index is 1.88. The summed E-state index contributed by atoms with van der Waals surface area (Å²) in [5.74, 6) is 1.12. The third kappa shape index (κ3) is 3.32. The molecule has 0 aromatic carbocycles. The van der Waals surface area contributed by atoms with Crippen LogP contribution in [0.3, 0.4) is 0 Å². The second-order valence-corrected chi connectivity index (χ2v) is 6.14. The third-order valence-corrected chi connectivity index (χ3v) is 4.75. The van der Waals surface area contributed by atoms with Crippen molar-refractivity contribution < 1.29 is 14.7 Å². The number of carbonyl (C=O) groups excluding carboxylic acids is 1. The van der Waals surface area contributed by atoms with Gasteiger partial charge in [-0.15, -0.1) is 6.58 Å². The summed E-state index contributed by atoms with van der Waals surface area (Å²) in [6.45, 7) is 5.56. The van der Waals surface area contributed by atoms with Crippen molar-refractivity contribution >= 4 is 12.0 Å². The number of nitrogens with one attached hydrogen (secondary N) is 1. The molecule has 0 aromatic heterocycles. The Bertz CT molecular complexity index is 397. The largest absolute Gasteiger partial charge is 0.480 e. The number of fused-ring (bicyclic) bond motifs is 2. The Kier molecular flexibility index (Phi) is 4.68. The number of hydrogen-bond acceptors (Lipinski definition) is 2. The summed E-state index contributed by atoms with van der Waals surface area (Å²) in [4.78, 5) is 24.2. The smallest absolute Gasteiger partial charge is 0.323 e. The number of rotatable bonds is 6. The summed E-state index contributed by atoms with van der Waals surface area (Å²) in [6.07, 6.45) is 6.66. The predicted octanol–water partition coefficient (Wildman–Crippen LogP) is 2.09. The fourth-order valence-electron chi connectivity index (χ4n) is 3.84. The Morgan fingerprint density at radius 2 is 2.20 bits per heavy atom. The first-order valence-corrected chi connectivity index (χ1v) is 7.39. The molecule has 5 heteroatoms. The number of hydrogen-bond donors (Lipinski definition) is 2. The van der Waals surface area contributed by atoms with Crippen LogP contribution in [0.15, 0.2) is 12.7 Å². The van der Waals surface area contributed by atoms with E-state index in [4.69, 9.17) is 5.11 Å². The molecule has 0 saturated heterocycles. The van der Waals surface area contributed by atoms with Gasteiger partial charge in [-0.25, -0.2) is 4.79 Å². The first kappa shape index (κ1) is 14.9. The molecule has 5 nitrogen and oxygen atoms in total. The van der Waals surface area contributed by atoms with Crippen LogP contribution < -0.4 is 5.32 Å². The van der Waals surface area contributed by atoms with Crippen molar-refractivity contribution in [2.75, 3.05) is 13.1 Å². The number of carbonyl (C=O) groups is 2. The van der Waals surface area contributed by atoms with Gasteiger partial charge in [0, 0.05) is 12.6 Å². The van der Waals surface area contributed by atoms with E-state index in [-0.39, 0.29) is 25.2 Å². The van der Waals surface area contributed by atoms with Gasteiger partial charge in [-0.05, 0) is 43.9 Å². The molecule has 4 atom stereocenters. The second-order valence-electron chi connectivity index (χ2n) is 6.14. The van der Waals surface area contributed by atoms with Gasteiger partial charge in [0.25, 0.3) is 0 Å². The molecular weight excluding hydrogens is 256 g/mol. The fraction of sp³-hybridized carbons (Fsp3) is 0.733. The summed E-state index contributed by atoms with van der Waals surface area (Å²) in [5, 5.41) is 11.8. The standard InChI is InChI=1S/C15H24N2O3/c1-3-6-17(9-14(18)19)15(20)16-10(2)13-8-11-4-5-12(13)7-11/h3,10-13H,1,4-9H2,2H3,(H,16,20)(H,18,19). The minimum absolute atomic E-state index is 0.110. The molecule has 2 fully saturated rings. The van der Waals surface area contributed by atoms with E-state index in [1.165, 1.54) is 30.6 Å². The highest BCUT2D eigenvalue weighted by molar-refractivity contribution is 5.80. The monoisotopic (exact) mass is 280 g/mol. The maximum absolute atomic E-state index is 12.1. The number of carboxylic acids is 1. The van der Waals surface area contributed by atoms with Gasteiger partial charge in [0.05, 0.1) is 0 Å². The maximum Gasteiger partial charge on any atom is 0.323 e. The van der Waals surface area contributed by atoms with E-state index in [0.29, 0.717) is 5.92 Å². The zero-order chi connectivity index (χ0) is 14.7. The summed E-state index contributed by atoms with van der Waals surface area (Å²) in [6, 6.07) is -0.193. The van der Waals surface area contributed by atoms with Gasteiger partial charge in [0.15, 0.2) is 0 Å². The van der Waals surface area contributed by atoms with E-state index < -0.39 is 5.97 Å². The summed E-state index contributed by atoms with van der Waals surface area (Å²) in [5.41, 5.74) is 0. The molecule has 2 saturated carbocycles. The van der Waals surface area contributed by atoms with Crippen molar-refractivity contribution in [2.45, 2.75) is 38.6 Å². The van der Waals surface area contributed by atoms with Gasteiger partial charge >= 0.3 is 12.0 Å². The Morgan fingerprint density at radius 3 is 2.70 bits per heavy atom. The van der Waals surface area contributed by atoms with Crippen LogP contribution in [-0.4, -0.2) is 41.1 Å². The van der Waals surface area contributed by atoms with Crippen LogP contribution in [0.4, 0.5) is 4.79 Å². The molecule has 2 aliphatic rings. The molecule has 112 valence electrons. The Labute approximate surface area is 120 Å². The van der Waals surface area contributed by atoms with Crippen molar-refractivity contribution in [3.8, 4) is 0 Å². The highest BCUT2D eigenvalue weighted by atomic mass is 16.4. The molecule has 0 aliphatic heterocycles. The van der Waals surface area contributed by atoms with Gasteiger partial charge in [0.2, 0.25) is 0 Å². The van der Waals surface area contributed by atoms with Crippen LogP contribution in [0, 0.1) is 17.8 Å². The first-order valence-electron chi connectivity index (χ1n) is 7.39. The predicted molar refractivity (Wildman–Crippen MR) is 76.3 cm³/mol. The lowest BCUT2D eigenvalue weighted by Crippen LogP contribution is -2.48. The minimum atomic E-state index is -1.01. The van der Waals surface area contributed by atoms with Crippen LogP contribution >= 0.6 is 0 Å². The number of urea groups is 1. The van der Waals surface area contributed by atoms with E-state index in [1.807, 2.05) is 6.92 Å². The van der Waals surface area contributed by atoms with E-state index in [9.17, 15) is 9.59 Å². The van der Waals surface area contributed by atoms with E-state index >= 15 is 0 Å². The van der Waals surface area contributed by atoms with Gasteiger partial charge < -0.3 is 15.3 Å². The molecule has 0 radical (unpaired) electrons. The SMILES string of the molecule is C=CCN(CC(=O)O)C(=O)NC(C)C1CC2CCC1C2. The quantitative estimate of drug-likeness (QED) is 0.732. The van der Waals surface area contributed by atoms with Gasteiger partial charge in [-0.2, -0.15) is 0 Å². The summed E-state index contributed by atoms with van der Waals surface area (Å²) < 4.78 is 0. The Morgan fingerprint density at radius 1 is 1.45 bits per heavy atom. The van der Waals surface area contributed by atoms with Crippen molar-refractivity contribution in [2.24, 2.45) is 17.8 Å². The van der Waals surface area contributed by atoms with E-state index in [0.717, 1.165) is 11.8 Å². The first-order chi connectivity index (χ1) is 9.51. The van der Waals surface area contributed by atoms with E-state index in [1.54, 1.807) is 6.08 Å². The molecule has 0 aromatic rings. The highest BCUT2D eigenvalue weighted by Crippen LogP contribution is 2.49. The molecule has 0 spiro atoms. The third-order valence-electron chi connectivity index (χ3n) is 4.75. The van der Waals surface area contributed by atoms with Crippen molar-refractivity contribution in [1.82, 2.24) is 10.2 Å². The molecule has 2 bridgehead atoms. The highest BCUT2D eigenvalue weighted by Gasteiger charge is 2.42. The van der Waals surface area contributed by atoms with Crippen LogP contribution in [0.5, 0.6) is 0 Å². The van der Waals surface area contributed by atoms with Crippen LogP contribution in [0.2, 0.25) is 0 Å². The van der Waals surface area contributed by atoms with Crippen molar-refractivity contribution in [3.63, 3.8) is 0 Å². The fourth-order valence-corrected chi connectivity index (χ4v) is 3.84. The minimum Gasteiger partial charge on any atom is -0.480 e. The zero-order valence-corrected chi connectivity index (χ0v) is 12.0. The number of amides is 2. The van der Waals surface area contributed by atoms with E-state index in [2.05, 4.69) is 11.9 Å². The summed E-state index contributed by atoms with van der Waals surface area (Å²) >= 11 is 0. The number of carboxylic acid groups (broad SMARTS) is 1. The second kappa shape index (κ2) is 6.29. The lowest BCUT2D eigenvalue weighted by molar-refractivity contribution is -0.137. The Hall–Kier alpha value is -1.52. The van der Waals surface area contributed by atoms with Gasteiger partial charge in [0.1, 0.15) is 6.54 Å². The molecule has 2 amide bonds. The molecule has 20 heavy (non-hydrogen) atoms. The van der Waals surface area contributed by atoms with Crippen molar-refractivity contribution in [3.05, 3.63) is 12.7 Å². The maximum atomic E-state index is 12.1. The van der Waals surface area contributed by atoms with Gasteiger partial charge in [-0.1, -0.05) is 12.5 Å². The molecule has 0 heterocycles. The average molecular weight is 280 g/mol. The van der Waals surface area contributed by atoms with Crippen LogP contribution in [0.1, 0.15) is 32.6 Å². The van der Waals surface area contributed by atoms with Crippen molar-refractivity contribution in [1.29, 1.82) is 0 Å². The lowest BCUT2D eigenvalue weighted by Gasteiger charge is -2.30. The molecule has 2 rings (SSSR count). The number of nitrogens with zero attached hydrogens (tertiary/aromatic N) is 1. The molecule has 2 N–H and O–H groups in total. The average Bonchev–Trinajstić information content (AvgIpc) is 2.99. The molecular formula is C15H24N2O3. The lowest BCUT2D eigenvalue weighted by atomic mass is 9.84. The van der Waals surface area contributed by atoms with Crippen LogP contribution in [-0.2, 0) is 4.79 Å².